The first-order valence-corrected chi connectivity index (χ1v) is 4.67. The van der Waals surface area contributed by atoms with E-state index in [-0.39, 0.29) is 5.78 Å². The Kier molecular flexibility index (Phi) is 3.72. The summed E-state index contributed by atoms with van der Waals surface area (Å²) >= 11 is 5.74. The van der Waals surface area contributed by atoms with Crippen LogP contribution in [0.15, 0.2) is 36.0 Å². The first kappa shape index (κ1) is 10.8. The maximum absolute atomic E-state index is 10.8. The van der Waals surface area contributed by atoms with E-state index in [9.17, 15) is 4.79 Å². The highest BCUT2D eigenvalue weighted by Gasteiger charge is 1.94. The fraction of sp³-hybridized carbons (Fsp3) is 0.182. The molecule has 2 nitrogen and oxygen atoms in total. The molecule has 1 aromatic rings. The van der Waals surface area contributed by atoms with Gasteiger partial charge < -0.3 is 5.32 Å². The highest BCUT2D eigenvalue weighted by atomic mass is 35.5. The molecule has 0 fully saturated rings. The summed E-state index contributed by atoms with van der Waals surface area (Å²) in [4.78, 5) is 10.8. The smallest absolute Gasteiger partial charge is 0.154 e. The number of carbonyl (C=O) groups is 1. The molecular formula is C11H12ClNO. The third-order valence-corrected chi connectivity index (χ3v) is 1.86. The van der Waals surface area contributed by atoms with E-state index >= 15 is 0 Å². The van der Waals surface area contributed by atoms with Crippen LogP contribution in [-0.2, 0) is 4.79 Å². The zero-order valence-corrected chi connectivity index (χ0v) is 8.93. The molecule has 0 bridgehead atoms. The summed E-state index contributed by atoms with van der Waals surface area (Å²) in [7, 11) is 0. The quantitative estimate of drug-likeness (QED) is 0.775. The average Bonchev–Trinajstić information content (AvgIpc) is 2.07. The summed E-state index contributed by atoms with van der Waals surface area (Å²) in [5.74, 6) is 0.0314. The Hall–Kier alpha value is -1.28. The SMILES string of the molecule is CC(=O)/C=C(\C)Nc1ccc(Cl)cc1. The van der Waals surface area contributed by atoms with Gasteiger partial charge in [0, 0.05) is 16.4 Å². The highest BCUT2D eigenvalue weighted by molar-refractivity contribution is 6.30. The molecule has 0 saturated carbocycles. The minimum absolute atomic E-state index is 0.0314. The number of halogens is 1. The molecule has 14 heavy (non-hydrogen) atoms. The Morgan fingerprint density at radius 3 is 2.36 bits per heavy atom. The molecule has 0 spiro atoms. The van der Waals surface area contributed by atoms with Crippen molar-refractivity contribution in [3.05, 3.63) is 41.1 Å². The molecule has 0 aliphatic carbocycles. The van der Waals surface area contributed by atoms with Crippen molar-refractivity contribution in [2.24, 2.45) is 0 Å². The predicted molar refractivity (Wildman–Crippen MR) is 59.5 cm³/mol. The summed E-state index contributed by atoms with van der Waals surface area (Å²) < 4.78 is 0. The third kappa shape index (κ3) is 3.62. The Balaban J connectivity index is 2.69. The number of hydrogen-bond acceptors (Lipinski definition) is 2. The first-order valence-electron chi connectivity index (χ1n) is 4.29. The maximum atomic E-state index is 10.8. The second-order valence-electron chi connectivity index (χ2n) is 3.07. The van der Waals surface area contributed by atoms with Gasteiger partial charge in [-0.25, -0.2) is 0 Å². The van der Waals surface area contributed by atoms with Crippen LogP contribution in [0.25, 0.3) is 0 Å². The van der Waals surface area contributed by atoms with Crippen LogP contribution >= 0.6 is 11.6 Å². The van der Waals surface area contributed by atoms with Crippen LogP contribution in [0.2, 0.25) is 5.02 Å². The molecule has 0 atom stereocenters. The molecular weight excluding hydrogens is 198 g/mol. The van der Waals surface area contributed by atoms with Crippen LogP contribution < -0.4 is 5.32 Å². The van der Waals surface area contributed by atoms with E-state index in [1.807, 2.05) is 19.1 Å². The lowest BCUT2D eigenvalue weighted by Crippen LogP contribution is -1.97. The largest absolute Gasteiger partial charge is 0.359 e. The van der Waals surface area contributed by atoms with E-state index in [2.05, 4.69) is 5.32 Å². The average molecular weight is 210 g/mol. The summed E-state index contributed by atoms with van der Waals surface area (Å²) in [6, 6.07) is 7.31. The van der Waals surface area contributed by atoms with Crippen LogP contribution in [0.1, 0.15) is 13.8 Å². The zero-order chi connectivity index (χ0) is 10.6. The van der Waals surface area contributed by atoms with Gasteiger partial charge in [0.15, 0.2) is 5.78 Å². The molecule has 0 amide bonds. The second kappa shape index (κ2) is 4.82. The molecule has 0 aliphatic heterocycles. The molecule has 1 N–H and O–H groups in total. The molecule has 0 saturated heterocycles. The van der Waals surface area contributed by atoms with E-state index in [1.54, 1.807) is 18.2 Å². The van der Waals surface area contributed by atoms with Gasteiger partial charge in [0.25, 0.3) is 0 Å². The van der Waals surface area contributed by atoms with Crippen molar-refractivity contribution in [1.82, 2.24) is 0 Å². The number of hydrogen-bond donors (Lipinski definition) is 1. The molecule has 0 unspecified atom stereocenters. The minimum Gasteiger partial charge on any atom is -0.359 e. The monoisotopic (exact) mass is 209 g/mol. The lowest BCUT2D eigenvalue weighted by molar-refractivity contribution is -0.112. The predicted octanol–water partition coefficient (Wildman–Crippen LogP) is 3.24. The van der Waals surface area contributed by atoms with Gasteiger partial charge in [0.1, 0.15) is 0 Å². The van der Waals surface area contributed by atoms with Gasteiger partial charge in [-0.15, -0.1) is 0 Å². The highest BCUT2D eigenvalue weighted by Crippen LogP contribution is 2.14. The molecule has 1 rings (SSSR count). The summed E-state index contributed by atoms with van der Waals surface area (Å²) in [6.45, 7) is 3.36. The molecule has 0 aliphatic rings. The summed E-state index contributed by atoms with van der Waals surface area (Å²) in [5.41, 5.74) is 1.74. The number of benzene rings is 1. The van der Waals surface area contributed by atoms with Gasteiger partial charge in [-0.3, -0.25) is 4.79 Å². The Bertz CT molecular complexity index is 354. The zero-order valence-electron chi connectivity index (χ0n) is 8.17. The Morgan fingerprint density at radius 1 is 1.29 bits per heavy atom. The van der Waals surface area contributed by atoms with Gasteiger partial charge >= 0.3 is 0 Å². The van der Waals surface area contributed by atoms with Crippen LogP contribution in [-0.4, -0.2) is 5.78 Å². The lowest BCUT2D eigenvalue weighted by atomic mass is 10.3. The van der Waals surface area contributed by atoms with E-state index in [0.717, 1.165) is 11.4 Å². The number of ketones is 1. The number of rotatable bonds is 3. The first-order chi connectivity index (χ1) is 6.58. The van der Waals surface area contributed by atoms with Crippen molar-refractivity contribution >= 4 is 23.1 Å². The van der Waals surface area contributed by atoms with Crippen molar-refractivity contribution in [2.75, 3.05) is 5.32 Å². The van der Waals surface area contributed by atoms with Crippen LogP contribution in [0, 0.1) is 0 Å². The molecule has 3 heteroatoms. The van der Waals surface area contributed by atoms with Crippen molar-refractivity contribution in [2.45, 2.75) is 13.8 Å². The van der Waals surface area contributed by atoms with Crippen molar-refractivity contribution in [3.8, 4) is 0 Å². The van der Waals surface area contributed by atoms with E-state index in [0.29, 0.717) is 5.02 Å². The standard InChI is InChI=1S/C11H12ClNO/c1-8(7-9(2)14)13-11-5-3-10(12)4-6-11/h3-7,13H,1-2H3/b8-7+. The van der Waals surface area contributed by atoms with Crippen LogP contribution in [0.3, 0.4) is 0 Å². The van der Waals surface area contributed by atoms with Crippen LogP contribution in [0.5, 0.6) is 0 Å². The van der Waals surface area contributed by atoms with E-state index < -0.39 is 0 Å². The summed E-state index contributed by atoms with van der Waals surface area (Å²) in [5, 5.41) is 3.78. The van der Waals surface area contributed by atoms with Gasteiger partial charge in [0.2, 0.25) is 0 Å². The van der Waals surface area contributed by atoms with E-state index in [4.69, 9.17) is 11.6 Å². The normalized spacial score (nSPS) is 11.2. The summed E-state index contributed by atoms with van der Waals surface area (Å²) in [6.07, 6.45) is 1.55. The van der Waals surface area contributed by atoms with Crippen molar-refractivity contribution in [3.63, 3.8) is 0 Å². The topological polar surface area (TPSA) is 29.1 Å². The molecule has 0 heterocycles. The Morgan fingerprint density at radius 2 is 1.86 bits per heavy atom. The number of nitrogens with one attached hydrogen (secondary N) is 1. The molecule has 74 valence electrons. The van der Waals surface area contributed by atoms with Gasteiger partial charge in [-0.2, -0.15) is 0 Å². The van der Waals surface area contributed by atoms with Gasteiger partial charge in [-0.1, -0.05) is 11.6 Å². The van der Waals surface area contributed by atoms with Crippen molar-refractivity contribution in [1.29, 1.82) is 0 Å². The minimum atomic E-state index is 0.0314. The fourth-order valence-electron chi connectivity index (χ4n) is 1.10. The third-order valence-electron chi connectivity index (χ3n) is 1.61. The Labute approximate surface area is 88.6 Å². The lowest BCUT2D eigenvalue weighted by Gasteiger charge is -2.05. The molecule has 0 radical (unpaired) electrons. The van der Waals surface area contributed by atoms with Gasteiger partial charge in [0.05, 0.1) is 0 Å². The maximum Gasteiger partial charge on any atom is 0.154 e. The van der Waals surface area contributed by atoms with Crippen molar-refractivity contribution < 1.29 is 4.79 Å². The molecule has 0 aromatic heterocycles. The fourth-order valence-corrected chi connectivity index (χ4v) is 1.23. The number of anilines is 1. The second-order valence-corrected chi connectivity index (χ2v) is 3.51. The number of carbonyl (C=O) groups excluding carboxylic acids is 1. The van der Waals surface area contributed by atoms with Gasteiger partial charge in [-0.05, 0) is 44.2 Å². The van der Waals surface area contributed by atoms with E-state index in [1.165, 1.54) is 6.92 Å². The molecule has 1 aromatic carbocycles. The van der Waals surface area contributed by atoms with Crippen LogP contribution in [0.4, 0.5) is 5.69 Å². The number of allylic oxidation sites excluding steroid dienone is 2.